The number of aryl methyl sites for hydroxylation is 1. The molecule has 0 aliphatic carbocycles. The summed E-state index contributed by atoms with van der Waals surface area (Å²) in [4.78, 5) is 0. The highest BCUT2D eigenvalue weighted by Crippen LogP contribution is 2.01. The number of aliphatic hydroxyl groups excluding tert-OH is 1. The van der Waals surface area contributed by atoms with Gasteiger partial charge < -0.3 is 10.4 Å². The van der Waals surface area contributed by atoms with Crippen molar-refractivity contribution in [2.45, 2.75) is 26.4 Å². The van der Waals surface area contributed by atoms with Crippen molar-refractivity contribution < 1.29 is 5.11 Å². The lowest BCUT2D eigenvalue weighted by atomic mass is 10.1. The molecule has 0 spiro atoms. The van der Waals surface area contributed by atoms with Gasteiger partial charge in [-0.15, -0.1) is 5.10 Å². The van der Waals surface area contributed by atoms with Crippen LogP contribution in [-0.4, -0.2) is 32.7 Å². The Bertz CT molecular complexity index is 274. The van der Waals surface area contributed by atoms with Crippen LogP contribution in [0.2, 0.25) is 0 Å². The van der Waals surface area contributed by atoms with Gasteiger partial charge in [0.2, 0.25) is 0 Å². The second-order valence-corrected chi connectivity index (χ2v) is 3.71. The highest BCUT2D eigenvalue weighted by molar-refractivity contribution is 4.91. The van der Waals surface area contributed by atoms with Crippen LogP contribution >= 0.6 is 0 Å². The Hall–Kier alpha value is -0.940. The van der Waals surface area contributed by atoms with E-state index in [9.17, 15) is 0 Å². The van der Waals surface area contributed by atoms with Gasteiger partial charge in [0.05, 0.1) is 5.69 Å². The predicted molar refractivity (Wildman–Crippen MR) is 53.6 cm³/mol. The second kappa shape index (κ2) is 5.07. The van der Waals surface area contributed by atoms with Gasteiger partial charge >= 0.3 is 0 Å². The first-order valence-electron chi connectivity index (χ1n) is 4.83. The largest absolute Gasteiger partial charge is 0.396 e. The number of hydrogen-bond acceptors (Lipinski definition) is 4. The number of aromatic nitrogens is 3. The van der Waals surface area contributed by atoms with Gasteiger partial charge in [-0.3, -0.25) is 4.68 Å². The molecule has 1 aromatic rings. The molecule has 0 saturated heterocycles. The second-order valence-electron chi connectivity index (χ2n) is 3.71. The number of hydrogen-bond donors (Lipinski definition) is 2. The lowest BCUT2D eigenvalue weighted by Gasteiger charge is -2.18. The van der Waals surface area contributed by atoms with E-state index in [0.717, 1.165) is 5.69 Å². The van der Waals surface area contributed by atoms with Gasteiger partial charge in [-0.25, -0.2) is 0 Å². The van der Waals surface area contributed by atoms with E-state index in [-0.39, 0.29) is 18.6 Å². The molecule has 14 heavy (non-hydrogen) atoms. The van der Waals surface area contributed by atoms with Gasteiger partial charge in [-0.2, -0.15) is 0 Å². The average molecular weight is 198 g/mol. The molecule has 0 amide bonds. The van der Waals surface area contributed by atoms with Crippen molar-refractivity contribution in [1.82, 2.24) is 20.3 Å². The molecule has 0 aliphatic heterocycles. The maximum atomic E-state index is 8.93. The van der Waals surface area contributed by atoms with Gasteiger partial charge in [-0.05, 0) is 12.8 Å². The Kier molecular flexibility index (Phi) is 4.03. The molecule has 1 rings (SSSR count). The van der Waals surface area contributed by atoms with Crippen LogP contribution in [0.4, 0.5) is 0 Å². The number of aliphatic hydroxyl groups is 1. The van der Waals surface area contributed by atoms with Gasteiger partial charge in [0, 0.05) is 32.4 Å². The van der Waals surface area contributed by atoms with Gasteiger partial charge in [0.15, 0.2) is 0 Å². The lowest BCUT2D eigenvalue weighted by molar-refractivity contribution is 0.206. The van der Waals surface area contributed by atoms with E-state index in [0.29, 0.717) is 6.54 Å². The molecule has 2 N–H and O–H groups in total. The summed E-state index contributed by atoms with van der Waals surface area (Å²) in [5.74, 6) is 0.256. The summed E-state index contributed by atoms with van der Waals surface area (Å²) in [5, 5.41) is 20.0. The van der Waals surface area contributed by atoms with Crippen molar-refractivity contribution in [2.75, 3.05) is 6.61 Å². The molecule has 0 radical (unpaired) electrons. The third-order valence-electron chi connectivity index (χ3n) is 2.40. The van der Waals surface area contributed by atoms with Crippen molar-refractivity contribution in [3.8, 4) is 0 Å². The van der Waals surface area contributed by atoms with Gasteiger partial charge in [0.1, 0.15) is 0 Å². The standard InChI is InChI=1S/C9H18N4O/c1-7(6-14)8(2)10-4-9-5-13(3)12-11-9/h5,7-8,10,14H,4,6H2,1-3H3. The third kappa shape index (κ3) is 3.08. The van der Waals surface area contributed by atoms with Gasteiger partial charge in [0.25, 0.3) is 0 Å². The van der Waals surface area contributed by atoms with E-state index in [2.05, 4.69) is 22.6 Å². The molecule has 1 heterocycles. The Labute approximate surface area is 84.1 Å². The fourth-order valence-electron chi connectivity index (χ4n) is 1.10. The van der Waals surface area contributed by atoms with Crippen LogP contribution in [0.25, 0.3) is 0 Å². The Balaban J connectivity index is 2.33. The predicted octanol–water partition coefficient (Wildman–Crippen LogP) is -0.0784. The molecule has 0 saturated carbocycles. The minimum Gasteiger partial charge on any atom is -0.396 e. The summed E-state index contributed by atoms with van der Waals surface area (Å²) in [6.07, 6.45) is 1.88. The molecule has 1 aromatic heterocycles. The van der Waals surface area contributed by atoms with E-state index < -0.39 is 0 Å². The van der Waals surface area contributed by atoms with E-state index in [4.69, 9.17) is 5.11 Å². The smallest absolute Gasteiger partial charge is 0.0964 e. The fraction of sp³-hybridized carbons (Fsp3) is 0.778. The molecular formula is C9H18N4O. The normalized spacial score (nSPS) is 15.4. The van der Waals surface area contributed by atoms with Crippen molar-refractivity contribution in [1.29, 1.82) is 0 Å². The van der Waals surface area contributed by atoms with Crippen LogP contribution in [0.3, 0.4) is 0 Å². The SMILES string of the molecule is CC(CO)C(C)NCc1cn(C)nn1. The molecular weight excluding hydrogens is 180 g/mol. The maximum absolute atomic E-state index is 8.93. The van der Waals surface area contributed by atoms with Crippen LogP contribution in [0.15, 0.2) is 6.20 Å². The molecule has 5 heteroatoms. The zero-order valence-electron chi connectivity index (χ0n) is 8.94. The van der Waals surface area contributed by atoms with E-state index in [1.165, 1.54) is 0 Å². The fourth-order valence-corrected chi connectivity index (χ4v) is 1.10. The first-order chi connectivity index (χ1) is 6.63. The minimum atomic E-state index is 0.203. The Morgan fingerprint density at radius 2 is 2.29 bits per heavy atom. The Morgan fingerprint density at radius 3 is 2.79 bits per heavy atom. The molecule has 0 aromatic carbocycles. The quantitative estimate of drug-likeness (QED) is 0.694. The molecule has 2 unspecified atom stereocenters. The molecule has 0 fully saturated rings. The zero-order chi connectivity index (χ0) is 10.6. The van der Waals surface area contributed by atoms with Crippen LogP contribution in [0, 0.1) is 5.92 Å². The number of nitrogens with one attached hydrogen (secondary N) is 1. The third-order valence-corrected chi connectivity index (χ3v) is 2.40. The van der Waals surface area contributed by atoms with Crippen molar-refractivity contribution in [3.05, 3.63) is 11.9 Å². The van der Waals surface area contributed by atoms with E-state index in [1.807, 2.05) is 20.2 Å². The van der Waals surface area contributed by atoms with Crippen molar-refractivity contribution >= 4 is 0 Å². The molecule has 5 nitrogen and oxygen atoms in total. The van der Waals surface area contributed by atoms with Crippen molar-refractivity contribution in [3.63, 3.8) is 0 Å². The van der Waals surface area contributed by atoms with Crippen LogP contribution < -0.4 is 5.32 Å². The topological polar surface area (TPSA) is 63.0 Å². The van der Waals surface area contributed by atoms with E-state index in [1.54, 1.807) is 4.68 Å². The summed E-state index contributed by atoms with van der Waals surface area (Å²) < 4.78 is 1.68. The van der Waals surface area contributed by atoms with Crippen LogP contribution in [0.1, 0.15) is 19.5 Å². The zero-order valence-corrected chi connectivity index (χ0v) is 8.94. The molecule has 0 bridgehead atoms. The van der Waals surface area contributed by atoms with E-state index >= 15 is 0 Å². The minimum absolute atomic E-state index is 0.203. The Morgan fingerprint density at radius 1 is 1.57 bits per heavy atom. The summed E-state index contributed by atoms with van der Waals surface area (Å²) >= 11 is 0. The summed E-state index contributed by atoms with van der Waals surface area (Å²) in [6, 6.07) is 0.280. The molecule has 0 aliphatic rings. The maximum Gasteiger partial charge on any atom is 0.0964 e. The summed E-state index contributed by atoms with van der Waals surface area (Å²) in [6.45, 7) is 4.96. The summed E-state index contributed by atoms with van der Waals surface area (Å²) in [5.41, 5.74) is 0.921. The monoisotopic (exact) mass is 198 g/mol. The molecule has 2 atom stereocenters. The first-order valence-corrected chi connectivity index (χ1v) is 4.83. The van der Waals surface area contributed by atoms with Crippen LogP contribution in [-0.2, 0) is 13.6 Å². The van der Waals surface area contributed by atoms with Gasteiger partial charge in [-0.1, -0.05) is 12.1 Å². The van der Waals surface area contributed by atoms with Crippen molar-refractivity contribution in [2.24, 2.45) is 13.0 Å². The number of nitrogens with zero attached hydrogens (tertiary/aromatic N) is 3. The highest BCUT2D eigenvalue weighted by atomic mass is 16.3. The molecule has 80 valence electrons. The summed E-state index contributed by atoms with van der Waals surface area (Å²) in [7, 11) is 1.84. The van der Waals surface area contributed by atoms with Crippen LogP contribution in [0.5, 0.6) is 0 Å². The first kappa shape index (κ1) is 11.1. The lowest BCUT2D eigenvalue weighted by Crippen LogP contribution is -2.33. The number of rotatable bonds is 5. The average Bonchev–Trinajstić information content (AvgIpc) is 2.59. The highest BCUT2D eigenvalue weighted by Gasteiger charge is 2.10.